The molecular weight excluding hydrogens is 342 g/mol. The summed E-state index contributed by atoms with van der Waals surface area (Å²) in [6.45, 7) is 4.15. The molecular formula is C25H23N3. The maximum atomic E-state index is 4.64. The van der Waals surface area contributed by atoms with Crippen LogP contribution in [0.2, 0.25) is 0 Å². The van der Waals surface area contributed by atoms with Crippen LogP contribution in [0.5, 0.6) is 0 Å². The molecule has 0 unspecified atom stereocenters. The third-order valence-corrected chi connectivity index (χ3v) is 4.81. The van der Waals surface area contributed by atoms with Crippen LogP contribution in [0.15, 0.2) is 78.9 Å². The summed E-state index contributed by atoms with van der Waals surface area (Å²) in [4.78, 5) is 13.8. The van der Waals surface area contributed by atoms with Gasteiger partial charge in [0.1, 0.15) is 11.6 Å². The predicted octanol–water partition coefficient (Wildman–Crippen LogP) is 6.00. The standard InChI is InChI=1S/C25H23N3/c1-3-23-26-24(4-2)28-25(27-23)22-12-8-11-21(17-22)20-15-13-19(14-16-20)18-9-6-5-7-10-18/h5-17H,3-4H2,1-2H3. The zero-order valence-corrected chi connectivity index (χ0v) is 16.3. The van der Waals surface area contributed by atoms with Crippen LogP contribution in [0.4, 0.5) is 0 Å². The lowest BCUT2D eigenvalue weighted by atomic mass is 9.99. The van der Waals surface area contributed by atoms with Gasteiger partial charge in [-0.1, -0.05) is 86.6 Å². The SMILES string of the molecule is CCc1nc(CC)nc(-c2cccc(-c3ccc(-c4ccccc4)cc3)c2)n1. The Bertz CT molecular complexity index is 1050. The second kappa shape index (κ2) is 8.13. The normalized spacial score (nSPS) is 10.8. The van der Waals surface area contributed by atoms with Gasteiger partial charge in [-0.25, -0.2) is 15.0 Å². The van der Waals surface area contributed by atoms with Crippen LogP contribution < -0.4 is 0 Å². The zero-order valence-electron chi connectivity index (χ0n) is 16.3. The van der Waals surface area contributed by atoms with E-state index >= 15 is 0 Å². The third-order valence-electron chi connectivity index (χ3n) is 4.81. The molecule has 0 aliphatic heterocycles. The Balaban J connectivity index is 1.68. The van der Waals surface area contributed by atoms with Crippen molar-refractivity contribution in [2.75, 3.05) is 0 Å². The van der Waals surface area contributed by atoms with E-state index in [0.29, 0.717) is 0 Å². The van der Waals surface area contributed by atoms with Crippen molar-refractivity contribution >= 4 is 0 Å². The zero-order chi connectivity index (χ0) is 19.3. The average Bonchev–Trinajstić information content (AvgIpc) is 2.79. The molecule has 0 bridgehead atoms. The number of nitrogens with zero attached hydrogens (tertiary/aromatic N) is 3. The largest absolute Gasteiger partial charge is 0.218 e. The van der Waals surface area contributed by atoms with E-state index in [-0.39, 0.29) is 0 Å². The van der Waals surface area contributed by atoms with Gasteiger partial charge in [-0.05, 0) is 28.3 Å². The Morgan fingerprint density at radius 2 is 1.00 bits per heavy atom. The molecule has 0 aliphatic carbocycles. The number of hydrogen-bond acceptors (Lipinski definition) is 3. The number of aromatic nitrogens is 3. The molecule has 0 aliphatic rings. The fourth-order valence-corrected chi connectivity index (χ4v) is 3.24. The van der Waals surface area contributed by atoms with E-state index in [1.165, 1.54) is 16.7 Å². The maximum absolute atomic E-state index is 4.64. The first-order valence-electron chi connectivity index (χ1n) is 9.77. The van der Waals surface area contributed by atoms with E-state index in [4.69, 9.17) is 0 Å². The number of benzene rings is 3. The summed E-state index contributed by atoms with van der Waals surface area (Å²) < 4.78 is 0. The summed E-state index contributed by atoms with van der Waals surface area (Å²) in [5, 5.41) is 0. The Labute approximate surface area is 166 Å². The molecule has 0 fully saturated rings. The summed E-state index contributed by atoms with van der Waals surface area (Å²) in [5.74, 6) is 2.45. The van der Waals surface area contributed by atoms with Crippen LogP contribution in [0.3, 0.4) is 0 Å². The van der Waals surface area contributed by atoms with Gasteiger partial charge in [0.25, 0.3) is 0 Å². The minimum absolute atomic E-state index is 0.756. The highest BCUT2D eigenvalue weighted by atomic mass is 15.0. The van der Waals surface area contributed by atoms with Crippen molar-refractivity contribution in [2.45, 2.75) is 26.7 Å². The van der Waals surface area contributed by atoms with E-state index in [1.54, 1.807) is 0 Å². The second-order valence-electron chi connectivity index (χ2n) is 6.72. The molecule has 3 aromatic carbocycles. The van der Waals surface area contributed by atoms with E-state index in [1.807, 2.05) is 6.07 Å². The molecule has 0 radical (unpaired) electrons. The quantitative estimate of drug-likeness (QED) is 0.435. The first kappa shape index (κ1) is 18.1. The Hall–Kier alpha value is -3.33. The van der Waals surface area contributed by atoms with E-state index in [2.05, 4.69) is 102 Å². The summed E-state index contributed by atoms with van der Waals surface area (Å²) >= 11 is 0. The predicted molar refractivity (Wildman–Crippen MR) is 115 cm³/mol. The summed E-state index contributed by atoms with van der Waals surface area (Å²) in [6.07, 6.45) is 1.62. The molecule has 4 aromatic rings. The van der Waals surface area contributed by atoms with Crippen LogP contribution in [-0.2, 0) is 12.8 Å². The molecule has 3 nitrogen and oxygen atoms in total. The van der Waals surface area contributed by atoms with Crippen molar-refractivity contribution in [3.05, 3.63) is 90.5 Å². The smallest absolute Gasteiger partial charge is 0.163 e. The van der Waals surface area contributed by atoms with Gasteiger partial charge in [0.2, 0.25) is 0 Å². The van der Waals surface area contributed by atoms with Crippen LogP contribution in [0.25, 0.3) is 33.6 Å². The first-order chi connectivity index (χ1) is 13.8. The monoisotopic (exact) mass is 365 g/mol. The molecule has 0 N–H and O–H groups in total. The van der Waals surface area contributed by atoms with E-state index in [0.717, 1.165) is 41.4 Å². The van der Waals surface area contributed by atoms with Crippen molar-refractivity contribution in [1.82, 2.24) is 15.0 Å². The molecule has 0 amide bonds. The van der Waals surface area contributed by atoms with E-state index < -0.39 is 0 Å². The van der Waals surface area contributed by atoms with Crippen LogP contribution in [-0.4, -0.2) is 15.0 Å². The first-order valence-corrected chi connectivity index (χ1v) is 9.77. The lowest BCUT2D eigenvalue weighted by Crippen LogP contribution is -2.04. The van der Waals surface area contributed by atoms with Crippen molar-refractivity contribution in [3.8, 4) is 33.6 Å². The van der Waals surface area contributed by atoms with Crippen LogP contribution >= 0.6 is 0 Å². The average molecular weight is 365 g/mol. The van der Waals surface area contributed by atoms with Crippen molar-refractivity contribution in [3.63, 3.8) is 0 Å². The lowest BCUT2D eigenvalue weighted by molar-refractivity contribution is 0.831. The molecule has 0 atom stereocenters. The summed E-state index contributed by atoms with van der Waals surface area (Å²) in [5.41, 5.74) is 5.82. The van der Waals surface area contributed by atoms with Gasteiger partial charge in [-0.15, -0.1) is 0 Å². The minimum Gasteiger partial charge on any atom is -0.218 e. The highest BCUT2D eigenvalue weighted by molar-refractivity contribution is 5.73. The fraction of sp³-hybridized carbons (Fsp3) is 0.160. The molecule has 0 spiro atoms. The van der Waals surface area contributed by atoms with Crippen LogP contribution in [0.1, 0.15) is 25.5 Å². The molecule has 1 aromatic heterocycles. The van der Waals surface area contributed by atoms with Crippen molar-refractivity contribution < 1.29 is 0 Å². The highest BCUT2D eigenvalue weighted by Crippen LogP contribution is 2.27. The van der Waals surface area contributed by atoms with Gasteiger partial charge in [0, 0.05) is 18.4 Å². The Morgan fingerprint density at radius 3 is 1.61 bits per heavy atom. The number of aryl methyl sites for hydroxylation is 2. The molecule has 0 saturated heterocycles. The van der Waals surface area contributed by atoms with Crippen LogP contribution in [0, 0.1) is 0 Å². The Kier molecular flexibility index (Phi) is 5.24. The van der Waals surface area contributed by atoms with Gasteiger partial charge in [0.15, 0.2) is 5.82 Å². The van der Waals surface area contributed by atoms with Crippen molar-refractivity contribution in [1.29, 1.82) is 0 Å². The second-order valence-corrected chi connectivity index (χ2v) is 6.72. The summed E-state index contributed by atoms with van der Waals surface area (Å²) in [7, 11) is 0. The molecule has 3 heteroatoms. The highest BCUT2D eigenvalue weighted by Gasteiger charge is 2.08. The Morgan fingerprint density at radius 1 is 0.500 bits per heavy atom. The molecule has 138 valence electrons. The molecule has 4 rings (SSSR count). The van der Waals surface area contributed by atoms with Gasteiger partial charge in [-0.2, -0.15) is 0 Å². The van der Waals surface area contributed by atoms with E-state index in [9.17, 15) is 0 Å². The number of rotatable bonds is 5. The molecule has 0 saturated carbocycles. The third kappa shape index (κ3) is 3.84. The topological polar surface area (TPSA) is 38.7 Å². The van der Waals surface area contributed by atoms with Gasteiger partial charge in [0.05, 0.1) is 0 Å². The summed E-state index contributed by atoms with van der Waals surface area (Å²) in [6, 6.07) is 27.5. The number of hydrogen-bond donors (Lipinski definition) is 0. The minimum atomic E-state index is 0.756. The molecule has 1 heterocycles. The maximum Gasteiger partial charge on any atom is 0.163 e. The lowest BCUT2D eigenvalue weighted by Gasteiger charge is -2.08. The van der Waals surface area contributed by atoms with Crippen molar-refractivity contribution in [2.24, 2.45) is 0 Å². The van der Waals surface area contributed by atoms with Gasteiger partial charge < -0.3 is 0 Å². The van der Waals surface area contributed by atoms with Gasteiger partial charge in [-0.3, -0.25) is 0 Å². The molecule has 28 heavy (non-hydrogen) atoms. The fourth-order valence-electron chi connectivity index (χ4n) is 3.24. The van der Waals surface area contributed by atoms with Gasteiger partial charge >= 0.3 is 0 Å².